The third kappa shape index (κ3) is 5.82. The average molecular weight is 447 g/mol. The van der Waals surface area contributed by atoms with Crippen LogP contribution in [0.5, 0.6) is 0 Å². The molecule has 0 aromatic heterocycles. The number of nitrogens with zero attached hydrogens (tertiary/aromatic N) is 3. The van der Waals surface area contributed by atoms with E-state index in [0.29, 0.717) is 39.3 Å². The Morgan fingerprint density at radius 3 is 2.66 bits per heavy atom. The lowest BCUT2D eigenvalue weighted by Gasteiger charge is -2.35. The van der Waals surface area contributed by atoms with Crippen LogP contribution in [0.15, 0.2) is 23.2 Å². The number of hydrogen-bond donors (Lipinski definition) is 3. The van der Waals surface area contributed by atoms with Gasteiger partial charge in [-0.15, -0.1) is 0 Å². The number of likely N-dealkylation sites (N-methyl/N-ethyl adjacent to an activating group) is 1. The second kappa shape index (κ2) is 11.0. The standard InChI is InChI=1S/C22H34N6O4/c1-4-5-16-6-7-17(14-18(16)25-20(29)19-15(2)32-21(23)26-19)27-9-11-28(12-10-27)22(30)31-13-8-24-3/h6-7,14-15,19,24H,4-5,8-13H2,1-3H3,(H2,23,26)(H,25,29). The molecule has 1 aromatic rings. The number of rotatable bonds is 8. The second-order valence-electron chi connectivity index (χ2n) is 8.01. The van der Waals surface area contributed by atoms with E-state index in [0.717, 1.165) is 29.8 Å². The highest BCUT2D eigenvalue weighted by molar-refractivity contribution is 5.98. The van der Waals surface area contributed by atoms with Crippen molar-refractivity contribution >= 4 is 29.4 Å². The summed E-state index contributed by atoms with van der Waals surface area (Å²) in [6.07, 6.45) is 1.14. The Labute approximate surface area is 189 Å². The molecule has 0 saturated carbocycles. The van der Waals surface area contributed by atoms with E-state index in [-0.39, 0.29) is 18.0 Å². The fourth-order valence-corrected chi connectivity index (χ4v) is 3.85. The minimum atomic E-state index is -0.661. The topological polar surface area (TPSA) is 122 Å². The van der Waals surface area contributed by atoms with Crippen LogP contribution < -0.4 is 21.3 Å². The number of ether oxygens (including phenoxy) is 2. The zero-order valence-electron chi connectivity index (χ0n) is 19.1. The second-order valence-corrected chi connectivity index (χ2v) is 8.01. The number of carbonyl (C=O) groups excluding carboxylic acids is 2. The van der Waals surface area contributed by atoms with Crippen molar-refractivity contribution in [2.24, 2.45) is 10.7 Å². The van der Waals surface area contributed by atoms with Gasteiger partial charge in [-0.25, -0.2) is 9.79 Å². The Morgan fingerprint density at radius 2 is 2.03 bits per heavy atom. The Balaban J connectivity index is 1.65. The molecule has 1 saturated heterocycles. The number of carbonyl (C=O) groups is 2. The average Bonchev–Trinajstić information content (AvgIpc) is 3.13. The minimum Gasteiger partial charge on any atom is -0.460 e. The van der Waals surface area contributed by atoms with E-state index >= 15 is 0 Å². The number of benzene rings is 1. The predicted molar refractivity (Wildman–Crippen MR) is 124 cm³/mol. The highest BCUT2D eigenvalue weighted by Crippen LogP contribution is 2.27. The monoisotopic (exact) mass is 446 g/mol. The van der Waals surface area contributed by atoms with Crippen LogP contribution >= 0.6 is 0 Å². The van der Waals surface area contributed by atoms with E-state index in [1.807, 2.05) is 13.1 Å². The molecule has 2 aliphatic rings. The molecule has 2 aliphatic heterocycles. The molecule has 4 N–H and O–H groups in total. The van der Waals surface area contributed by atoms with E-state index in [4.69, 9.17) is 15.2 Å². The molecule has 0 bridgehead atoms. The lowest BCUT2D eigenvalue weighted by molar-refractivity contribution is -0.118. The molecular formula is C22H34N6O4. The van der Waals surface area contributed by atoms with Crippen LogP contribution in [-0.4, -0.2) is 81.4 Å². The molecule has 32 heavy (non-hydrogen) atoms. The fourth-order valence-electron chi connectivity index (χ4n) is 3.85. The molecule has 0 spiro atoms. The SMILES string of the molecule is CCCc1ccc(N2CCN(C(=O)OCCNC)CC2)cc1NC(=O)C1N=C(N)OC1C. The van der Waals surface area contributed by atoms with Gasteiger partial charge in [-0.05, 0) is 38.1 Å². The third-order valence-electron chi connectivity index (χ3n) is 5.64. The summed E-state index contributed by atoms with van der Waals surface area (Å²) in [5, 5.41) is 5.98. The number of piperazine rings is 1. The van der Waals surface area contributed by atoms with Gasteiger partial charge in [0.1, 0.15) is 12.7 Å². The van der Waals surface area contributed by atoms with Gasteiger partial charge >= 0.3 is 6.09 Å². The van der Waals surface area contributed by atoms with Crippen molar-refractivity contribution in [3.05, 3.63) is 23.8 Å². The van der Waals surface area contributed by atoms with Crippen molar-refractivity contribution in [3.63, 3.8) is 0 Å². The number of amidine groups is 1. The zero-order valence-corrected chi connectivity index (χ0v) is 19.1. The van der Waals surface area contributed by atoms with Gasteiger partial charge in [0.2, 0.25) is 0 Å². The number of nitrogens with two attached hydrogens (primary N) is 1. The molecule has 1 fully saturated rings. The van der Waals surface area contributed by atoms with Crippen molar-refractivity contribution in [1.82, 2.24) is 10.2 Å². The highest BCUT2D eigenvalue weighted by atomic mass is 16.6. The molecule has 2 atom stereocenters. The summed E-state index contributed by atoms with van der Waals surface area (Å²) < 4.78 is 10.6. The van der Waals surface area contributed by atoms with Crippen LogP contribution in [0.25, 0.3) is 0 Å². The van der Waals surface area contributed by atoms with Crippen molar-refractivity contribution in [1.29, 1.82) is 0 Å². The van der Waals surface area contributed by atoms with Crippen molar-refractivity contribution in [2.75, 3.05) is 56.6 Å². The summed E-state index contributed by atoms with van der Waals surface area (Å²) >= 11 is 0. The number of aliphatic imine (C=N–C) groups is 1. The van der Waals surface area contributed by atoms with Gasteiger partial charge in [0.05, 0.1) is 0 Å². The summed E-state index contributed by atoms with van der Waals surface area (Å²) in [7, 11) is 1.82. The van der Waals surface area contributed by atoms with Gasteiger partial charge in [-0.1, -0.05) is 19.4 Å². The van der Waals surface area contributed by atoms with Gasteiger partial charge in [-0.2, -0.15) is 0 Å². The summed E-state index contributed by atoms with van der Waals surface area (Å²) in [6.45, 7) is 7.42. The first-order valence-corrected chi connectivity index (χ1v) is 11.2. The summed E-state index contributed by atoms with van der Waals surface area (Å²) in [5.74, 6) is -0.235. The number of nitrogens with one attached hydrogen (secondary N) is 2. The van der Waals surface area contributed by atoms with Gasteiger partial charge in [0, 0.05) is 44.1 Å². The normalized spacial score (nSPS) is 20.5. The van der Waals surface area contributed by atoms with E-state index < -0.39 is 12.1 Å². The lowest BCUT2D eigenvalue weighted by Crippen LogP contribution is -2.49. The smallest absolute Gasteiger partial charge is 0.409 e. The van der Waals surface area contributed by atoms with E-state index in [1.54, 1.807) is 11.8 Å². The summed E-state index contributed by atoms with van der Waals surface area (Å²) in [6, 6.07) is 5.50. The van der Waals surface area contributed by atoms with Crippen molar-refractivity contribution in [3.8, 4) is 0 Å². The molecule has 0 radical (unpaired) electrons. The van der Waals surface area contributed by atoms with Crippen LogP contribution in [0.1, 0.15) is 25.8 Å². The van der Waals surface area contributed by atoms with Crippen LogP contribution in [0.4, 0.5) is 16.2 Å². The predicted octanol–water partition coefficient (Wildman–Crippen LogP) is 1.16. The minimum absolute atomic E-state index is 0.0440. The summed E-state index contributed by atoms with van der Waals surface area (Å²) in [5.41, 5.74) is 8.46. The molecule has 3 rings (SSSR count). The molecule has 0 aliphatic carbocycles. The fraction of sp³-hybridized carbons (Fsp3) is 0.591. The maximum atomic E-state index is 12.8. The van der Waals surface area contributed by atoms with Crippen LogP contribution in [-0.2, 0) is 20.7 Å². The number of hydrogen-bond acceptors (Lipinski definition) is 8. The molecule has 10 heteroatoms. The molecule has 1 aromatic carbocycles. The third-order valence-corrected chi connectivity index (χ3v) is 5.64. The van der Waals surface area contributed by atoms with Crippen LogP contribution in [0, 0.1) is 0 Å². The Hall–Kier alpha value is -3.01. The van der Waals surface area contributed by atoms with Gasteiger partial charge in [-0.3, -0.25) is 4.79 Å². The lowest BCUT2D eigenvalue weighted by atomic mass is 10.1. The maximum absolute atomic E-state index is 12.8. The first-order valence-electron chi connectivity index (χ1n) is 11.2. The Morgan fingerprint density at radius 1 is 1.28 bits per heavy atom. The molecule has 2 amide bonds. The van der Waals surface area contributed by atoms with Crippen molar-refractivity contribution < 1.29 is 19.1 Å². The first-order chi connectivity index (χ1) is 15.4. The van der Waals surface area contributed by atoms with E-state index in [9.17, 15) is 9.59 Å². The first kappa shape index (κ1) is 23.6. The molecule has 10 nitrogen and oxygen atoms in total. The maximum Gasteiger partial charge on any atom is 0.409 e. The number of aryl methyl sites for hydroxylation is 1. The van der Waals surface area contributed by atoms with E-state index in [1.165, 1.54) is 0 Å². The number of anilines is 2. The summed E-state index contributed by atoms with van der Waals surface area (Å²) in [4.78, 5) is 33.0. The number of amides is 2. The van der Waals surface area contributed by atoms with E-state index in [2.05, 4.69) is 39.6 Å². The largest absolute Gasteiger partial charge is 0.460 e. The highest BCUT2D eigenvalue weighted by Gasteiger charge is 2.32. The Bertz CT molecular complexity index is 838. The van der Waals surface area contributed by atoms with Crippen molar-refractivity contribution in [2.45, 2.75) is 38.8 Å². The molecule has 176 valence electrons. The van der Waals surface area contributed by atoms with Gasteiger partial charge in [0.25, 0.3) is 11.9 Å². The van der Waals surface area contributed by atoms with Crippen LogP contribution in [0.2, 0.25) is 0 Å². The molecule has 2 heterocycles. The van der Waals surface area contributed by atoms with Crippen LogP contribution in [0.3, 0.4) is 0 Å². The molecular weight excluding hydrogens is 412 g/mol. The van der Waals surface area contributed by atoms with Gasteiger partial charge in [0.15, 0.2) is 6.04 Å². The Kier molecular flexibility index (Phi) is 8.15. The quantitative estimate of drug-likeness (QED) is 0.512. The zero-order chi connectivity index (χ0) is 23.1. The van der Waals surface area contributed by atoms with Gasteiger partial charge < -0.3 is 35.6 Å². The molecule has 2 unspecified atom stereocenters.